The molecule has 2 nitrogen and oxygen atoms in total. The number of fused-ring (bicyclic) bond motifs is 1. The summed E-state index contributed by atoms with van der Waals surface area (Å²) in [5.74, 6) is 0.721. The second kappa shape index (κ2) is 6.13. The second-order valence-corrected chi connectivity index (χ2v) is 6.30. The molecule has 1 heterocycles. The van der Waals surface area contributed by atoms with Crippen molar-refractivity contribution in [1.82, 2.24) is 5.32 Å². The summed E-state index contributed by atoms with van der Waals surface area (Å²) in [6, 6.07) is 6.16. The molecule has 3 rings (SSSR count). The number of anilines is 1. The first-order valence-electron chi connectivity index (χ1n) is 7.98. The number of benzene rings is 1. The van der Waals surface area contributed by atoms with Crippen molar-refractivity contribution in [1.29, 1.82) is 0 Å². The third-order valence-corrected chi connectivity index (χ3v) is 4.90. The van der Waals surface area contributed by atoms with Crippen LogP contribution in [0.4, 0.5) is 10.1 Å². The lowest BCUT2D eigenvalue weighted by Gasteiger charge is -2.45. The van der Waals surface area contributed by atoms with Crippen LogP contribution in [0.15, 0.2) is 18.2 Å². The van der Waals surface area contributed by atoms with Crippen LogP contribution in [0.3, 0.4) is 0 Å². The predicted molar refractivity (Wildman–Crippen MR) is 81.5 cm³/mol. The molecule has 2 aliphatic rings. The fourth-order valence-corrected chi connectivity index (χ4v) is 4.05. The van der Waals surface area contributed by atoms with E-state index in [-0.39, 0.29) is 5.82 Å². The lowest BCUT2D eigenvalue weighted by atomic mass is 9.78. The van der Waals surface area contributed by atoms with Crippen LogP contribution in [0.2, 0.25) is 0 Å². The van der Waals surface area contributed by atoms with Crippen LogP contribution < -0.4 is 10.2 Å². The van der Waals surface area contributed by atoms with Gasteiger partial charge in [0.25, 0.3) is 0 Å². The van der Waals surface area contributed by atoms with Gasteiger partial charge in [0.05, 0.1) is 0 Å². The zero-order chi connectivity index (χ0) is 13.9. The summed E-state index contributed by atoms with van der Waals surface area (Å²) in [5, 5.41) is 3.11. The molecule has 1 N–H and O–H groups in total. The van der Waals surface area contributed by atoms with Gasteiger partial charge in [-0.1, -0.05) is 12.8 Å². The highest BCUT2D eigenvalue weighted by atomic mass is 19.1. The van der Waals surface area contributed by atoms with Gasteiger partial charge < -0.3 is 10.2 Å². The van der Waals surface area contributed by atoms with Gasteiger partial charge in [0.15, 0.2) is 0 Å². The number of hydrogen-bond donors (Lipinski definition) is 1. The minimum atomic E-state index is -0.106. The minimum Gasteiger partial charge on any atom is -0.368 e. The standard InChI is InChI=1S/C17H25FN2/c1-19-12-13-9-15(18)11-16(10-13)20-8-4-6-14-5-2-3-7-17(14)20/h9-11,14,17,19H,2-8,12H2,1H3. The summed E-state index contributed by atoms with van der Waals surface area (Å²) >= 11 is 0. The molecule has 2 atom stereocenters. The summed E-state index contributed by atoms with van der Waals surface area (Å²) in [6.45, 7) is 1.82. The average molecular weight is 276 g/mol. The minimum absolute atomic E-state index is 0.106. The zero-order valence-corrected chi connectivity index (χ0v) is 12.4. The van der Waals surface area contributed by atoms with Gasteiger partial charge >= 0.3 is 0 Å². The van der Waals surface area contributed by atoms with E-state index in [1.165, 1.54) is 38.5 Å². The zero-order valence-electron chi connectivity index (χ0n) is 12.4. The van der Waals surface area contributed by atoms with Crippen molar-refractivity contribution in [2.75, 3.05) is 18.5 Å². The lowest BCUT2D eigenvalue weighted by molar-refractivity contribution is 0.243. The quantitative estimate of drug-likeness (QED) is 0.905. The van der Waals surface area contributed by atoms with Gasteiger partial charge in [-0.15, -0.1) is 0 Å². The van der Waals surface area contributed by atoms with Crippen molar-refractivity contribution in [3.63, 3.8) is 0 Å². The summed E-state index contributed by atoms with van der Waals surface area (Å²) in [7, 11) is 1.91. The Hall–Kier alpha value is -1.09. The third-order valence-electron chi connectivity index (χ3n) is 4.90. The molecule has 2 fully saturated rings. The van der Waals surface area contributed by atoms with Crippen molar-refractivity contribution in [3.05, 3.63) is 29.6 Å². The topological polar surface area (TPSA) is 15.3 Å². The van der Waals surface area contributed by atoms with Gasteiger partial charge in [-0.25, -0.2) is 4.39 Å². The van der Waals surface area contributed by atoms with Gasteiger partial charge in [-0.05, 0) is 62.4 Å². The van der Waals surface area contributed by atoms with E-state index in [1.807, 2.05) is 7.05 Å². The molecular formula is C17H25FN2. The monoisotopic (exact) mass is 276 g/mol. The smallest absolute Gasteiger partial charge is 0.125 e. The molecule has 1 aliphatic carbocycles. The molecule has 1 aliphatic heterocycles. The molecule has 3 heteroatoms. The van der Waals surface area contributed by atoms with Gasteiger partial charge in [0.1, 0.15) is 5.82 Å². The molecule has 0 aromatic heterocycles. The Morgan fingerprint density at radius 2 is 1.95 bits per heavy atom. The molecular weight excluding hydrogens is 251 g/mol. The maximum Gasteiger partial charge on any atom is 0.125 e. The highest BCUT2D eigenvalue weighted by Gasteiger charge is 2.33. The maximum atomic E-state index is 13.9. The van der Waals surface area contributed by atoms with Gasteiger partial charge in [0.2, 0.25) is 0 Å². The van der Waals surface area contributed by atoms with Crippen LogP contribution in [-0.4, -0.2) is 19.6 Å². The van der Waals surface area contributed by atoms with E-state index in [0.717, 1.165) is 30.3 Å². The predicted octanol–water partition coefficient (Wildman–Crippen LogP) is 3.70. The van der Waals surface area contributed by atoms with Crippen LogP contribution in [0.1, 0.15) is 44.1 Å². The second-order valence-electron chi connectivity index (χ2n) is 6.30. The number of hydrogen-bond acceptors (Lipinski definition) is 2. The Kier molecular flexibility index (Phi) is 4.25. The highest BCUT2D eigenvalue weighted by Crippen LogP contribution is 2.38. The lowest BCUT2D eigenvalue weighted by Crippen LogP contribution is -2.47. The Labute approximate surface area is 121 Å². The summed E-state index contributed by atoms with van der Waals surface area (Å²) in [4.78, 5) is 2.48. The van der Waals surface area contributed by atoms with Crippen molar-refractivity contribution < 1.29 is 4.39 Å². The Morgan fingerprint density at radius 1 is 1.15 bits per heavy atom. The van der Waals surface area contributed by atoms with Crippen molar-refractivity contribution in [3.8, 4) is 0 Å². The molecule has 0 spiro atoms. The summed E-state index contributed by atoms with van der Waals surface area (Å²) in [5.41, 5.74) is 2.13. The molecule has 0 amide bonds. The average Bonchev–Trinajstić information content (AvgIpc) is 2.46. The molecule has 1 saturated heterocycles. The summed E-state index contributed by atoms with van der Waals surface area (Å²) < 4.78 is 13.9. The molecule has 1 aromatic rings. The van der Waals surface area contributed by atoms with E-state index < -0.39 is 0 Å². The summed E-state index contributed by atoms with van der Waals surface area (Å²) in [6.07, 6.45) is 7.96. The maximum absolute atomic E-state index is 13.9. The van der Waals surface area contributed by atoms with Crippen molar-refractivity contribution >= 4 is 5.69 Å². The van der Waals surface area contributed by atoms with E-state index in [1.54, 1.807) is 12.1 Å². The number of nitrogens with one attached hydrogen (secondary N) is 1. The van der Waals surface area contributed by atoms with E-state index in [2.05, 4.69) is 16.3 Å². The van der Waals surface area contributed by atoms with Crippen LogP contribution in [0.25, 0.3) is 0 Å². The Balaban J connectivity index is 1.86. The molecule has 0 radical (unpaired) electrons. The van der Waals surface area contributed by atoms with Crippen molar-refractivity contribution in [2.24, 2.45) is 5.92 Å². The first-order chi connectivity index (χ1) is 9.78. The first kappa shape index (κ1) is 13.9. The van der Waals surface area contributed by atoms with Crippen LogP contribution >= 0.6 is 0 Å². The van der Waals surface area contributed by atoms with Crippen LogP contribution in [0, 0.1) is 11.7 Å². The number of piperidine rings is 1. The van der Waals surface area contributed by atoms with Gasteiger partial charge in [-0.3, -0.25) is 0 Å². The number of nitrogens with zero attached hydrogens (tertiary/aromatic N) is 1. The molecule has 0 bridgehead atoms. The van der Waals surface area contributed by atoms with Gasteiger partial charge in [-0.2, -0.15) is 0 Å². The molecule has 1 aromatic carbocycles. The highest BCUT2D eigenvalue weighted by molar-refractivity contribution is 5.50. The van der Waals surface area contributed by atoms with E-state index in [0.29, 0.717) is 6.04 Å². The van der Waals surface area contributed by atoms with E-state index in [4.69, 9.17) is 0 Å². The fourth-order valence-electron chi connectivity index (χ4n) is 4.05. The van der Waals surface area contributed by atoms with E-state index >= 15 is 0 Å². The number of halogens is 1. The van der Waals surface area contributed by atoms with Gasteiger partial charge in [0, 0.05) is 24.8 Å². The fraction of sp³-hybridized carbons (Fsp3) is 0.647. The van der Waals surface area contributed by atoms with Crippen LogP contribution in [-0.2, 0) is 6.54 Å². The Bertz CT molecular complexity index is 458. The molecule has 20 heavy (non-hydrogen) atoms. The van der Waals surface area contributed by atoms with Crippen LogP contribution in [0.5, 0.6) is 0 Å². The third kappa shape index (κ3) is 2.83. The number of rotatable bonds is 3. The Morgan fingerprint density at radius 3 is 2.80 bits per heavy atom. The largest absolute Gasteiger partial charge is 0.368 e. The molecule has 1 saturated carbocycles. The normalized spacial score (nSPS) is 26.4. The van der Waals surface area contributed by atoms with Crippen molar-refractivity contribution in [2.45, 2.75) is 51.1 Å². The molecule has 110 valence electrons. The van der Waals surface area contributed by atoms with E-state index in [9.17, 15) is 4.39 Å². The SMILES string of the molecule is CNCc1cc(F)cc(N2CCCC3CCCCC32)c1. The first-order valence-corrected chi connectivity index (χ1v) is 7.98. The molecule has 2 unspecified atom stereocenters.